The molecule has 3 heterocycles. The summed E-state index contributed by atoms with van der Waals surface area (Å²) >= 11 is 0. The van der Waals surface area contributed by atoms with Gasteiger partial charge in [0.1, 0.15) is 11.6 Å². The van der Waals surface area contributed by atoms with Crippen LogP contribution in [-0.2, 0) is 0 Å². The molecule has 7 nitrogen and oxygen atoms in total. The predicted molar refractivity (Wildman–Crippen MR) is 78.0 cm³/mol. The van der Waals surface area contributed by atoms with Gasteiger partial charge in [-0.3, -0.25) is 5.10 Å². The van der Waals surface area contributed by atoms with Gasteiger partial charge in [0.15, 0.2) is 11.5 Å². The molecule has 0 aliphatic heterocycles. The zero-order valence-electron chi connectivity index (χ0n) is 11.5. The summed E-state index contributed by atoms with van der Waals surface area (Å²) in [6.07, 6.45) is 4.67. The van der Waals surface area contributed by atoms with E-state index < -0.39 is 11.6 Å². The van der Waals surface area contributed by atoms with E-state index in [1.165, 1.54) is 16.8 Å². The van der Waals surface area contributed by atoms with E-state index in [9.17, 15) is 8.78 Å². The van der Waals surface area contributed by atoms with E-state index in [-0.39, 0.29) is 17.3 Å². The number of anilines is 2. The summed E-state index contributed by atoms with van der Waals surface area (Å²) < 4.78 is 29.4. The van der Waals surface area contributed by atoms with Crippen LogP contribution in [0, 0.1) is 11.6 Å². The number of benzene rings is 1. The lowest BCUT2D eigenvalue weighted by Gasteiger charge is -2.09. The van der Waals surface area contributed by atoms with Gasteiger partial charge in [0, 0.05) is 12.3 Å². The number of halogens is 2. The van der Waals surface area contributed by atoms with Gasteiger partial charge >= 0.3 is 0 Å². The van der Waals surface area contributed by atoms with Gasteiger partial charge in [-0.15, -0.1) is 0 Å². The van der Waals surface area contributed by atoms with E-state index in [0.717, 1.165) is 12.1 Å². The molecule has 9 heteroatoms. The maximum Gasteiger partial charge on any atom is 0.232 e. The van der Waals surface area contributed by atoms with Crippen molar-refractivity contribution < 1.29 is 8.78 Å². The number of H-pyrrole nitrogens is 1. The van der Waals surface area contributed by atoms with Crippen molar-refractivity contribution in [2.45, 2.75) is 0 Å². The standard InChI is InChI=1S/C14H9F2N7/c15-9-2-1-3-10(16)12(9)13-21-11-4-5-19-23(11)14(22-13)20-8-6-17-18-7-8/h1-7H,(H,17,18)(H,20,21,22). The van der Waals surface area contributed by atoms with Crippen molar-refractivity contribution in [3.05, 3.63) is 54.5 Å². The van der Waals surface area contributed by atoms with Gasteiger partial charge < -0.3 is 5.32 Å². The largest absolute Gasteiger partial charge is 0.321 e. The molecule has 4 rings (SSSR count). The van der Waals surface area contributed by atoms with Crippen molar-refractivity contribution in [1.82, 2.24) is 29.8 Å². The maximum atomic E-state index is 14.0. The number of hydrogen-bond donors (Lipinski definition) is 2. The smallest absolute Gasteiger partial charge is 0.232 e. The van der Waals surface area contributed by atoms with Crippen molar-refractivity contribution in [1.29, 1.82) is 0 Å². The predicted octanol–water partition coefficient (Wildman–Crippen LogP) is 2.54. The molecule has 0 radical (unpaired) electrons. The molecule has 114 valence electrons. The van der Waals surface area contributed by atoms with Crippen LogP contribution in [0.5, 0.6) is 0 Å². The second-order valence-electron chi connectivity index (χ2n) is 4.68. The lowest BCUT2D eigenvalue weighted by Crippen LogP contribution is -2.07. The molecule has 0 aliphatic carbocycles. The Labute approximate surface area is 128 Å². The minimum Gasteiger partial charge on any atom is -0.321 e. The highest BCUT2D eigenvalue weighted by Crippen LogP contribution is 2.25. The highest BCUT2D eigenvalue weighted by molar-refractivity contribution is 5.63. The molecule has 0 unspecified atom stereocenters. The zero-order valence-corrected chi connectivity index (χ0v) is 11.5. The number of aromatic amines is 1. The molecule has 0 fully saturated rings. The van der Waals surface area contributed by atoms with Gasteiger partial charge in [0.05, 0.1) is 23.6 Å². The molecule has 0 bridgehead atoms. The fourth-order valence-electron chi connectivity index (χ4n) is 2.18. The third-order valence-corrected chi connectivity index (χ3v) is 3.20. The summed E-state index contributed by atoms with van der Waals surface area (Å²) in [6, 6.07) is 5.22. The number of hydrogen-bond acceptors (Lipinski definition) is 5. The van der Waals surface area contributed by atoms with E-state index in [0.29, 0.717) is 11.3 Å². The lowest BCUT2D eigenvalue weighted by atomic mass is 10.2. The molecule has 4 aromatic rings. The van der Waals surface area contributed by atoms with Gasteiger partial charge in [-0.2, -0.15) is 19.7 Å². The molecule has 3 aromatic heterocycles. The average molecular weight is 313 g/mol. The Morgan fingerprint density at radius 3 is 2.65 bits per heavy atom. The van der Waals surface area contributed by atoms with Crippen LogP contribution in [0.1, 0.15) is 0 Å². The number of rotatable bonds is 3. The first-order chi connectivity index (χ1) is 11.2. The van der Waals surface area contributed by atoms with Crippen LogP contribution < -0.4 is 5.32 Å². The van der Waals surface area contributed by atoms with Crippen LogP contribution in [0.25, 0.3) is 17.0 Å². The van der Waals surface area contributed by atoms with Gasteiger partial charge in [0.25, 0.3) is 0 Å². The Kier molecular flexibility index (Phi) is 2.97. The van der Waals surface area contributed by atoms with Gasteiger partial charge in [-0.25, -0.2) is 13.8 Å². The third kappa shape index (κ3) is 2.27. The molecule has 0 amide bonds. The number of nitrogens with one attached hydrogen (secondary N) is 2. The van der Waals surface area contributed by atoms with E-state index in [1.807, 2.05) is 0 Å². The minimum absolute atomic E-state index is 0.0698. The molecule has 1 aromatic carbocycles. The highest BCUT2D eigenvalue weighted by atomic mass is 19.1. The number of aromatic nitrogens is 6. The van der Waals surface area contributed by atoms with E-state index in [2.05, 4.69) is 30.6 Å². The number of fused-ring (bicyclic) bond motifs is 1. The van der Waals surface area contributed by atoms with E-state index in [4.69, 9.17) is 0 Å². The summed E-state index contributed by atoms with van der Waals surface area (Å²) in [7, 11) is 0. The molecule has 0 aliphatic rings. The second kappa shape index (κ2) is 5.13. The monoisotopic (exact) mass is 313 g/mol. The van der Waals surface area contributed by atoms with Crippen LogP contribution in [0.3, 0.4) is 0 Å². The summed E-state index contributed by atoms with van der Waals surface area (Å²) in [6.45, 7) is 0. The minimum atomic E-state index is -0.733. The lowest BCUT2D eigenvalue weighted by molar-refractivity contribution is 0.587. The first kappa shape index (κ1) is 13.3. The SMILES string of the molecule is Fc1cccc(F)c1-c1nc(Nc2cn[nH]c2)n2nccc2n1. The van der Waals surface area contributed by atoms with Crippen LogP contribution in [0.2, 0.25) is 0 Å². The second-order valence-corrected chi connectivity index (χ2v) is 4.68. The molecule has 0 saturated carbocycles. The Hall–Kier alpha value is -3.36. The molecule has 23 heavy (non-hydrogen) atoms. The van der Waals surface area contributed by atoms with Crippen LogP contribution >= 0.6 is 0 Å². The normalized spacial score (nSPS) is 11.0. The molecule has 0 spiro atoms. The van der Waals surface area contributed by atoms with E-state index >= 15 is 0 Å². The van der Waals surface area contributed by atoms with Crippen molar-refractivity contribution in [2.24, 2.45) is 0 Å². The van der Waals surface area contributed by atoms with Gasteiger partial charge in [-0.05, 0) is 12.1 Å². The van der Waals surface area contributed by atoms with Crippen LogP contribution in [-0.4, -0.2) is 29.8 Å². The van der Waals surface area contributed by atoms with Gasteiger partial charge in [-0.1, -0.05) is 6.07 Å². The molecule has 2 N–H and O–H groups in total. The third-order valence-electron chi connectivity index (χ3n) is 3.20. The Morgan fingerprint density at radius 2 is 1.91 bits per heavy atom. The van der Waals surface area contributed by atoms with Crippen LogP contribution in [0.15, 0.2) is 42.9 Å². The van der Waals surface area contributed by atoms with Crippen molar-refractivity contribution >= 4 is 17.3 Å². The zero-order chi connectivity index (χ0) is 15.8. The van der Waals surface area contributed by atoms with Crippen molar-refractivity contribution in [2.75, 3.05) is 5.32 Å². The van der Waals surface area contributed by atoms with Gasteiger partial charge in [0.2, 0.25) is 5.95 Å². The number of nitrogens with zero attached hydrogens (tertiary/aromatic N) is 5. The average Bonchev–Trinajstić information content (AvgIpc) is 3.18. The van der Waals surface area contributed by atoms with E-state index in [1.54, 1.807) is 18.5 Å². The Bertz CT molecular complexity index is 958. The molecule has 0 atom stereocenters. The van der Waals surface area contributed by atoms with Crippen LogP contribution in [0.4, 0.5) is 20.4 Å². The quantitative estimate of drug-likeness (QED) is 0.607. The summed E-state index contributed by atoms with van der Waals surface area (Å²) in [5, 5.41) is 13.5. The Balaban J connectivity index is 1.91. The first-order valence-corrected chi connectivity index (χ1v) is 6.64. The molecular formula is C14H9F2N7. The highest BCUT2D eigenvalue weighted by Gasteiger charge is 2.17. The summed E-state index contributed by atoms with van der Waals surface area (Å²) in [5.41, 5.74) is 0.746. The summed E-state index contributed by atoms with van der Waals surface area (Å²) in [5.74, 6) is -1.27. The Morgan fingerprint density at radius 1 is 1.09 bits per heavy atom. The topological polar surface area (TPSA) is 83.8 Å². The van der Waals surface area contributed by atoms with Crippen molar-refractivity contribution in [3.63, 3.8) is 0 Å². The summed E-state index contributed by atoms with van der Waals surface area (Å²) in [4.78, 5) is 8.36. The van der Waals surface area contributed by atoms with Crippen molar-refractivity contribution in [3.8, 4) is 11.4 Å². The molecular weight excluding hydrogens is 304 g/mol. The first-order valence-electron chi connectivity index (χ1n) is 6.64. The fraction of sp³-hybridized carbons (Fsp3) is 0. The molecule has 0 saturated heterocycles. The maximum absolute atomic E-state index is 14.0. The fourth-order valence-corrected chi connectivity index (χ4v) is 2.18.